The molecule has 110 valence electrons. The van der Waals surface area contributed by atoms with Crippen molar-refractivity contribution < 1.29 is 19.4 Å². The molecule has 1 amide bonds. The van der Waals surface area contributed by atoms with Crippen molar-refractivity contribution in [1.29, 1.82) is 0 Å². The van der Waals surface area contributed by atoms with Gasteiger partial charge in [-0.3, -0.25) is 4.79 Å². The number of hydrogen-bond acceptors (Lipinski definition) is 4. The Kier molecular flexibility index (Phi) is 4.45. The molecular formula is C14H19NO4S. The average molecular weight is 297 g/mol. The van der Waals surface area contributed by atoms with Crippen molar-refractivity contribution in [3.8, 4) is 0 Å². The van der Waals surface area contributed by atoms with Gasteiger partial charge in [-0.05, 0) is 45.2 Å². The molecule has 0 spiro atoms. The fourth-order valence-electron chi connectivity index (χ4n) is 2.48. The Labute approximate surface area is 121 Å². The van der Waals surface area contributed by atoms with Gasteiger partial charge in [0.1, 0.15) is 6.10 Å². The summed E-state index contributed by atoms with van der Waals surface area (Å²) in [6, 6.07) is 1.97. The molecule has 1 unspecified atom stereocenters. The fourth-order valence-corrected chi connectivity index (χ4v) is 3.50. The lowest BCUT2D eigenvalue weighted by Gasteiger charge is -2.17. The zero-order valence-electron chi connectivity index (χ0n) is 11.8. The molecular weight excluding hydrogens is 278 g/mol. The summed E-state index contributed by atoms with van der Waals surface area (Å²) < 4.78 is 5.25. The number of ether oxygens (including phenoxy) is 1. The fraction of sp³-hybridized carbons (Fsp3) is 0.571. The van der Waals surface area contributed by atoms with E-state index in [1.807, 2.05) is 20.8 Å². The van der Waals surface area contributed by atoms with Crippen LogP contribution in [-0.2, 0) is 14.3 Å². The van der Waals surface area contributed by atoms with Gasteiger partial charge in [0.2, 0.25) is 5.91 Å². The van der Waals surface area contributed by atoms with Crippen LogP contribution in [-0.4, -0.2) is 29.2 Å². The quantitative estimate of drug-likeness (QED) is 0.893. The molecule has 2 N–H and O–H groups in total. The number of carboxylic acids is 1. The van der Waals surface area contributed by atoms with Crippen molar-refractivity contribution in [2.75, 3.05) is 0 Å². The van der Waals surface area contributed by atoms with E-state index in [0.29, 0.717) is 12.8 Å². The number of rotatable bonds is 4. The predicted octanol–water partition coefficient (Wildman–Crippen LogP) is 2.17. The zero-order chi connectivity index (χ0) is 14.9. The Balaban J connectivity index is 1.95. The highest BCUT2D eigenvalue weighted by Gasteiger charge is 2.35. The van der Waals surface area contributed by atoms with Gasteiger partial charge in [0, 0.05) is 9.75 Å². The Morgan fingerprint density at radius 1 is 1.40 bits per heavy atom. The van der Waals surface area contributed by atoms with E-state index in [9.17, 15) is 9.59 Å². The highest BCUT2D eigenvalue weighted by Crippen LogP contribution is 2.27. The number of carbonyl (C=O) groups excluding carboxylic acids is 1. The van der Waals surface area contributed by atoms with E-state index in [2.05, 4.69) is 11.4 Å². The van der Waals surface area contributed by atoms with Crippen molar-refractivity contribution in [1.82, 2.24) is 5.32 Å². The van der Waals surface area contributed by atoms with Crippen LogP contribution in [0.4, 0.5) is 0 Å². The number of amides is 1. The molecule has 1 saturated heterocycles. The van der Waals surface area contributed by atoms with Crippen molar-refractivity contribution in [3.05, 3.63) is 21.4 Å². The third-order valence-corrected chi connectivity index (χ3v) is 4.47. The lowest BCUT2D eigenvalue weighted by Crippen LogP contribution is -2.37. The van der Waals surface area contributed by atoms with Gasteiger partial charge in [-0.25, -0.2) is 4.79 Å². The normalized spacial score (nSPS) is 23.6. The van der Waals surface area contributed by atoms with Crippen molar-refractivity contribution in [2.45, 2.75) is 51.9 Å². The molecule has 3 atom stereocenters. The Hall–Kier alpha value is -1.40. The lowest BCUT2D eigenvalue weighted by molar-refractivity contribution is -0.151. The Morgan fingerprint density at radius 2 is 2.05 bits per heavy atom. The first-order valence-electron chi connectivity index (χ1n) is 6.64. The van der Waals surface area contributed by atoms with E-state index in [1.54, 1.807) is 11.3 Å². The second-order valence-electron chi connectivity index (χ2n) is 5.13. The molecule has 1 aromatic rings. The largest absolute Gasteiger partial charge is 0.479 e. The van der Waals surface area contributed by atoms with E-state index in [0.717, 1.165) is 5.56 Å². The van der Waals surface area contributed by atoms with Crippen LogP contribution in [0.2, 0.25) is 0 Å². The summed E-state index contributed by atoms with van der Waals surface area (Å²) in [4.78, 5) is 25.3. The molecule has 0 bridgehead atoms. The minimum atomic E-state index is -1.00. The van der Waals surface area contributed by atoms with Crippen LogP contribution >= 0.6 is 11.3 Å². The second kappa shape index (κ2) is 5.93. The molecule has 0 radical (unpaired) electrons. The van der Waals surface area contributed by atoms with Crippen molar-refractivity contribution >= 4 is 23.2 Å². The Bertz CT molecular complexity index is 525. The first-order chi connectivity index (χ1) is 9.38. The Morgan fingerprint density at radius 3 is 2.55 bits per heavy atom. The van der Waals surface area contributed by atoms with Gasteiger partial charge >= 0.3 is 5.97 Å². The molecule has 1 aromatic heterocycles. The molecule has 1 aliphatic heterocycles. The third kappa shape index (κ3) is 3.19. The van der Waals surface area contributed by atoms with E-state index < -0.39 is 18.2 Å². The highest BCUT2D eigenvalue weighted by molar-refractivity contribution is 7.12. The van der Waals surface area contributed by atoms with Gasteiger partial charge in [0.05, 0.1) is 6.04 Å². The molecule has 20 heavy (non-hydrogen) atoms. The predicted molar refractivity (Wildman–Crippen MR) is 75.9 cm³/mol. The number of carboxylic acid groups (broad SMARTS) is 1. The monoisotopic (exact) mass is 297 g/mol. The van der Waals surface area contributed by atoms with Crippen molar-refractivity contribution in [3.63, 3.8) is 0 Å². The summed E-state index contributed by atoms with van der Waals surface area (Å²) >= 11 is 1.70. The maximum absolute atomic E-state index is 12.1. The second-order valence-corrected chi connectivity index (χ2v) is 6.59. The highest BCUT2D eigenvalue weighted by atomic mass is 32.1. The first-order valence-corrected chi connectivity index (χ1v) is 7.45. The van der Waals surface area contributed by atoms with Crippen molar-refractivity contribution in [2.24, 2.45) is 0 Å². The molecule has 0 aromatic carbocycles. The van der Waals surface area contributed by atoms with Gasteiger partial charge < -0.3 is 15.2 Å². The lowest BCUT2D eigenvalue weighted by atomic mass is 10.1. The first kappa shape index (κ1) is 15.0. The average Bonchev–Trinajstić information content (AvgIpc) is 2.95. The molecule has 0 aliphatic carbocycles. The standard InChI is InChI=1S/C14H19NO4S/c1-7-6-10(9(3)20-7)8(2)15-13(16)11-4-5-12(19-11)14(17)18/h6,8,11-12H,4-5H2,1-3H3,(H,15,16)(H,17,18)/t8?,11-,12+/m0/s1. The van der Waals surface area contributed by atoms with Crippen LogP contribution in [0.3, 0.4) is 0 Å². The number of nitrogens with one attached hydrogen (secondary N) is 1. The minimum absolute atomic E-state index is 0.0973. The van der Waals surface area contributed by atoms with Crippen LogP contribution in [0.15, 0.2) is 6.07 Å². The molecule has 6 heteroatoms. The van der Waals surface area contributed by atoms with Crippen LogP contribution in [0.25, 0.3) is 0 Å². The smallest absolute Gasteiger partial charge is 0.332 e. The summed E-state index contributed by atoms with van der Waals surface area (Å²) in [6.45, 7) is 5.99. The van der Waals surface area contributed by atoms with Gasteiger partial charge in [0.15, 0.2) is 6.10 Å². The van der Waals surface area contributed by atoms with Gasteiger partial charge in [0.25, 0.3) is 0 Å². The van der Waals surface area contributed by atoms with Crippen LogP contribution in [0, 0.1) is 13.8 Å². The topological polar surface area (TPSA) is 75.6 Å². The number of aryl methyl sites for hydroxylation is 2. The summed E-state index contributed by atoms with van der Waals surface area (Å²) in [5, 5.41) is 11.8. The van der Waals surface area contributed by atoms with Gasteiger partial charge in [-0.15, -0.1) is 11.3 Å². The van der Waals surface area contributed by atoms with Crippen LogP contribution < -0.4 is 5.32 Å². The van der Waals surface area contributed by atoms with E-state index in [-0.39, 0.29) is 11.9 Å². The number of thiophene rings is 1. The number of carbonyl (C=O) groups is 2. The summed E-state index contributed by atoms with van der Waals surface area (Å²) in [6.07, 6.45) is -0.667. The van der Waals surface area contributed by atoms with Gasteiger partial charge in [-0.2, -0.15) is 0 Å². The minimum Gasteiger partial charge on any atom is -0.479 e. The molecule has 1 aliphatic rings. The summed E-state index contributed by atoms with van der Waals surface area (Å²) in [7, 11) is 0. The van der Waals surface area contributed by atoms with Crippen LogP contribution in [0.1, 0.15) is 41.1 Å². The van der Waals surface area contributed by atoms with Gasteiger partial charge in [-0.1, -0.05) is 0 Å². The maximum atomic E-state index is 12.1. The SMILES string of the molecule is Cc1cc(C(C)NC(=O)[C@@H]2CC[C@H](C(=O)O)O2)c(C)s1. The van der Waals surface area contributed by atoms with E-state index in [1.165, 1.54) is 9.75 Å². The molecule has 2 heterocycles. The molecule has 0 saturated carbocycles. The summed E-state index contributed by atoms with van der Waals surface area (Å²) in [5.74, 6) is -1.23. The molecule has 2 rings (SSSR count). The van der Waals surface area contributed by atoms with E-state index >= 15 is 0 Å². The summed E-state index contributed by atoms with van der Waals surface area (Å²) in [5.41, 5.74) is 1.11. The van der Waals surface area contributed by atoms with Crippen LogP contribution in [0.5, 0.6) is 0 Å². The molecule has 5 nitrogen and oxygen atoms in total. The third-order valence-electron chi connectivity index (χ3n) is 3.49. The zero-order valence-corrected chi connectivity index (χ0v) is 12.6. The van der Waals surface area contributed by atoms with E-state index in [4.69, 9.17) is 9.84 Å². The number of hydrogen-bond donors (Lipinski definition) is 2. The number of aliphatic carboxylic acids is 1. The molecule has 1 fully saturated rings. The maximum Gasteiger partial charge on any atom is 0.332 e.